The SMILES string of the molecule is CN(C)C(=O)CN=C(NCC1CCOC1)NC1CCN(c2cccc(Cl)c2)C1. The first-order chi connectivity index (χ1) is 13.5. The molecule has 154 valence electrons. The Morgan fingerprint density at radius 1 is 1.39 bits per heavy atom. The molecule has 2 aliphatic heterocycles. The molecule has 0 radical (unpaired) electrons. The maximum absolute atomic E-state index is 11.9. The fourth-order valence-corrected chi connectivity index (χ4v) is 3.59. The topological polar surface area (TPSA) is 69.2 Å². The van der Waals surface area contributed by atoms with Crippen LogP contribution in [0.4, 0.5) is 5.69 Å². The molecule has 2 heterocycles. The first kappa shape index (κ1) is 20.7. The number of rotatable bonds is 6. The Hall–Kier alpha value is -1.99. The molecule has 1 aromatic rings. The zero-order valence-corrected chi connectivity index (χ0v) is 17.4. The number of benzene rings is 1. The number of halogens is 1. The lowest BCUT2D eigenvalue weighted by Crippen LogP contribution is -2.46. The Balaban J connectivity index is 1.58. The van der Waals surface area contributed by atoms with Gasteiger partial charge in [-0.1, -0.05) is 17.7 Å². The van der Waals surface area contributed by atoms with Gasteiger partial charge >= 0.3 is 0 Å². The number of likely N-dealkylation sites (N-methyl/N-ethyl adjacent to an activating group) is 1. The van der Waals surface area contributed by atoms with Crippen LogP contribution in [0.2, 0.25) is 5.02 Å². The molecule has 0 aliphatic carbocycles. The van der Waals surface area contributed by atoms with Crippen molar-refractivity contribution in [1.29, 1.82) is 0 Å². The third-order valence-corrected chi connectivity index (χ3v) is 5.39. The summed E-state index contributed by atoms with van der Waals surface area (Å²) < 4.78 is 5.45. The quantitative estimate of drug-likeness (QED) is 0.553. The Labute approximate surface area is 172 Å². The molecular weight excluding hydrogens is 378 g/mol. The van der Waals surface area contributed by atoms with Gasteiger partial charge in [0, 0.05) is 63.0 Å². The van der Waals surface area contributed by atoms with Crippen LogP contribution in [-0.4, -0.2) is 76.3 Å². The van der Waals surface area contributed by atoms with Gasteiger partial charge in [0.05, 0.1) is 6.61 Å². The highest BCUT2D eigenvalue weighted by Crippen LogP contribution is 2.23. The van der Waals surface area contributed by atoms with Gasteiger partial charge in [-0.2, -0.15) is 0 Å². The number of guanidine groups is 1. The van der Waals surface area contributed by atoms with Gasteiger partial charge in [-0.05, 0) is 31.0 Å². The number of nitrogens with zero attached hydrogens (tertiary/aromatic N) is 3. The Bertz CT molecular complexity index is 691. The largest absolute Gasteiger partial charge is 0.381 e. The number of ether oxygens (including phenoxy) is 1. The molecule has 2 saturated heterocycles. The van der Waals surface area contributed by atoms with E-state index < -0.39 is 0 Å². The number of anilines is 1. The summed E-state index contributed by atoms with van der Waals surface area (Å²) >= 11 is 6.13. The van der Waals surface area contributed by atoms with Crippen LogP contribution in [-0.2, 0) is 9.53 Å². The van der Waals surface area contributed by atoms with E-state index in [0.29, 0.717) is 11.9 Å². The minimum atomic E-state index is -0.0164. The van der Waals surface area contributed by atoms with Crippen molar-refractivity contribution in [3.63, 3.8) is 0 Å². The number of nitrogens with one attached hydrogen (secondary N) is 2. The van der Waals surface area contributed by atoms with Crippen LogP contribution in [0.15, 0.2) is 29.3 Å². The first-order valence-corrected chi connectivity index (χ1v) is 10.2. The average molecular weight is 408 g/mol. The zero-order chi connectivity index (χ0) is 19.9. The van der Waals surface area contributed by atoms with Crippen molar-refractivity contribution in [2.45, 2.75) is 18.9 Å². The van der Waals surface area contributed by atoms with E-state index in [1.807, 2.05) is 18.2 Å². The van der Waals surface area contributed by atoms with Crippen molar-refractivity contribution in [3.05, 3.63) is 29.3 Å². The summed E-state index contributed by atoms with van der Waals surface area (Å²) in [5.41, 5.74) is 1.13. The maximum atomic E-state index is 11.9. The van der Waals surface area contributed by atoms with E-state index in [1.54, 1.807) is 19.0 Å². The highest BCUT2D eigenvalue weighted by atomic mass is 35.5. The van der Waals surface area contributed by atoms with Crippen LogP contribution < -0.4 is 15.5 Å². The van der Waals surface area contributed by atoms with Gasteiger partial charge in [0.15, 0.2) is 5.96 Å². The van der Waals surface area contributed by atoms with Crippen LogP contribution >= 0.6 is 11.6 Å². The van der Waals surface area contributed by atoms with Crippen molar-refractivity contribution < 1.29 is 9.53 Å². The molecule has 0 aromatic heterocycles. The molecule has 0 saturated carbocycles. The maximum Gasteiger partial charge on any atom is 0.243 e. The minimum absolute atomic E-state index is 0.0164. The highest BCUT2D eigenvalue weighted by Gasteiger charge is 2.24. The number of hydrogen-bond acceptors (Lipinski definition) is 4. The molecular formula is C20H30ClN5O2. The van der Waals surface area contributed by atoms with E-state index in [4.69, 9.17) is 16.3 Å². The van der Waals surface area contributed by atoms with Crippen molar-refractivity contribution >= 4 is 29.2 Å². The van der Waals surface area contributed by atoms with Crippen molar-refractivity contribution in [3.8, 4) is 0 Å². The molecule has 0 bridgehead atoms. The van der Waals surface area contributed by atoms with Crippen LogP contribution in [0.3, 0.4) is 0 Å². The van der Waals surface area contributed by atoms with E-state index in [2.05, 4.69) is 26.6 Å². The molecule has 2 unspecified atom stereocenters. The molecule has 8 heteroatoms. The minimum Gasteiger partial charge on any atom is -0.381 e. The molecule has 0 spiro atoms. The monoisotopic (exact) mass is 407 g/mol. The standard InChI is InChI=1S/C20H30ClN5O2/c1-25(2)19(27)12-23-20(22-11-15-7-9-28-14-15)24-17-6-8-26(13-17)18-5-3-4-16(21)10-18/h3-5,10,15,17H,6-9,11-14H2,1-2H3,(H2,22,23,24). The predicted molar refractivity (Wildman–Crippen MR) is 113 cm³/mol. The summed E-state index contributed by atoms with van der Waals surface area (Å²) in [5, 5.41) is 7.65. The van der Waals surface area contributed by atoms with Gasteiger partial charge in [-0.15, -0.1) is 0 Å². The molecule has 7 nitrogen and oxygen atoms in total. The lowest BCUT2D eigenvalue weighted by molar-refractivity contribution is -0.127. The summed E-state index contributed by atoms with van der Waals surface area (Å²) in [7, 11) is 3.49. The van der Waals surface area contributed by atoms with E-state index >= 15 is 0 Å². The van der Waals surface area contributed by atoms with Crippen molar-refractivity contribution in [2.24, 2.45) is 10.9 Å². The molecule has 2 atom stereocenters. The first-order valence-electron chi connectivity index (χ1n) is 9.84. The molecule has 2 N–H and O–H groups in total. The van der Waals surface area contributed by atoms with Gasteiger partial charge in [0.25, 0.3) is 0 Å². The summed E-state index contributed by atoms with van der Waals surface area (Å²) in [6.07, 6.45) is 2.06. The van der Waals surface area contributed by atoms with Crippen LogP contribution in [0.25, 0.3) is 0 Å². The van der Waals surface area contributed by atoms with E-state index in [0.717, 1.165) is 56.4 Å². The van der Waals surface area contributed by atoms with Crippen molar-refractivity contribution in [1.82, 2.24) is 15.5 Å². The summed E-state index contributed by atoms with van der Waals surface area (Å²) in [6, 6.07) is 8.20. The van der Waals surface area contributed by atoms with Crippen LogP contribution in [0.5, 0.6) is 0 Å². The molecule has 1 aromatic carbocycles. The molecule has 2 aliphatic rings. The second kappa shape index (κ2) is 9.98. The van der Waals surface area contributed by atoms with E-state index in [9.17, 15) is 4.79 Å². The highest BCUT2D eigenvalue weighted by molar-refractivity contribution is 6.30. The number of aliphatic imine (C=N–C) groups is 1. The lowest BCUT2D eigenvalue weighted by atomic mass is 10.1. The smallest absolute Gasteiger partial charge is 0.243 e. The predicted octanol–water partition coefficient (Wildman–Crippen LogP) is 1.58. The third-order valence-electron chi connectivity index (χ3n) is 5.16. The van der Waals surface area contributed by atoms with Gasteiger partial charge in [0.1, 0.15) is 6.54 Å². The summed E-state index contributed by atoms with van der Waals surface area (Å²) in [6.45, 7) is 4.36. The normalized spacial score (nSPS) is 22.4. The summed E-state index contributed by atoms with van der Waals surface area (Å²) in [5.74, 6) is 1.17. The molecule has 1 amide bonds. The second-order valence-electron chi connectivity index (χ2n) is 7.62. The summed E-state index contributed by atoms with van der Waals surface area (Å²) in [4.78, 5) is 20.3. The van der Waals surface area contributed by atoms with E-state index in [-0.39, 0.29) is 18.5 Å². The van der Waals surface area contributed by atoms with E-state index in [1.165, 1.54) is 0 Å². The van der Waals surface area contributed by atoms with Gasteiger partial charge in [-0.25, -0.2) is 4.99 Å². The lowest BCUT2D eigenvalue weighted by Gasteiger charge is -2.21. The number of carbonyl (C=O) groups excluding carboxylic acids is 1. The number of carbonyl (C=O) groups is 1. The van der Waals surface area contributed by atoms with Gasteiger partial charge in [0.2, 0.25) is 5.91 Å². The van der Waals surface area contributed by atoms with Crippen molar-refractivity contribution in [2.75, 3.05) is 58.4 Å². The average Bonchev–Trinajstić information content (AvgIpc) is 3.35. The Morgan fingerprint density at radius 3 is 2.96 bits per heavy atom. The molecule has 3 rings (SSSR count). The Kier molecular flexibility index (Phi) is 7.39. The van der Waals surface area contributed by atoms with Crippen LogP contribution in [0.1, 0.15) is 12.8 Å². The van der Waals surface area contributed by atoms with Gasteiger partial charge in [-0.3, -0.25) is 4.79 Å². The molecule has 28 heavy (non-hydrogen) atoms. The van der Waals surface area contributed by atoms with Gasteiger partial charge < -0.3 is 25.2 Å². The number of amides is 1. The second-order valence-corrected chi connectivity index (χ2v) is 8.06. The zero-order valence-electron chi connectivity index (χ0n) is 16.7. The number of hydrogen-bond donors (Lipinski definition) is 2. The molecule has 2 fully saturated rings. The fraction of sp³-hybridized carbons (Fsp3) is 0.600. The Morgan fingerprint density at radius 2 is 2.25 bits per heavy atom. The fourth-order valence-electron chi connectivity index (χ4n) is 3.40. The third kappa shape index (κ3) is 6.01. The van der Waals surface area contributed by atoms with Crippen LogP contribution in [0, 0.1) is 5.92 Å².